The second kappa shape index (κ2) is 18.9. The number of esters is 1. The third-order valence-electron chi connectivity index (χ3n) is 9.11. The average molecular weight is 827 g/mol. The van der Waals surface area contributed by atoms with E-state index in [2.05, 4.69) is 8.75 Å². The lowest BCUT2D eigenvalue weighted by Crippen LogP contribution is -2.30. The third kappa shape index (κ3) is 10.3. The van der Waals surface area contributed by atoms with Gasteiger partial charge in [0.2, 0.25) is 11.5 Å². The Hall–Kier alpha value is -5.66. The molecule has 1 atom stereocenters. The molecule has 0 saturated heterocycles. The number of carbonyl (C=O) groups is 2. The van der Waals surface area contributed by atoms with Crippen LogP contribution in [0.5, 0.6) is 34.5 Å². The zero-order valence-electron chi connectivity index (χ0n) is 35.8. The Morgan fingerprint density at radius 2 is 1.24 bits per heavy atom. The summed E-state index contributed by atoms with van der Waals surface area (Å²) in [6.07, 6.45) is 0.687. The second-order valence-electron chi connectivity index (χ2n) is 15.3. The first-order chi connectivity index (χ1) is 28.0. The Morgan fingerprint density at radius 3 is 1.80 bits per heavy atom. The number of benzene rings is 4. The van der Waals surface area contributed by atoms with E-state index in [9.17, 15) is 14.7 Å². The number of cyclic esters (lactones) is 1. The number of methoxy groups -OCH3 is 2. The molecule has 1 aliphatic rings. The first kappa shape index (κ1) is 44.4. The quantitative estimate of drug-likeness (QED) is 0.0793. The Bertz CT molecular complexity index is 2330. The minimum absolute atomic E-state index is 0.00417. The zero-order chi connectivity index (χ0) is 43.2. The molecular formula is C46H54N2O10S. The summed E-state index contributed by atoms with van der Waals surface area (Å²) < 4.78 is 49.0. The summed E-state index contributed by atoms with van der Waals surface area (Å²) in [5.74, 6) is 0.465. The van der Waals surface area contributed by atoms with E-state index in [4.69, 9.17) is 33.2 Å². The number of ether oxygens (including phenoxy) is 7. The molecule has 59 heavy (non-hydrogen) atoms. The predicted molar refractivity (Wildman–Crippen MR) is 228 cm³/mol. The van der Waals surface area contributed by atoms with Crippen LogP contribution < -0.4 is 28.4 Å². The van der Waals surface area contributed by atoms with Crippen LogP contribution in [0.4, 0.5) is 0 Å². The third-order valence-corrected chi connectivity index (χ3v) is 9.67. The Labute approximate surface area is 350 Å². The molecule has 314 valence electrons. The SMILES string of the molecule is COc1cc(C=O)cc(OC(C)C)c1OC(C)C.COc1cc(CC2=C(c3ccc4nsnc4c3)C(=O)OC2(O)c2ccc(C)c(C)c2)cc(OC(C)C)c1OC(C)C. The van der Waals surface area contributed by atoms with Crippen LogP contribution >= 0.6 is 11.7 Å². The lowest BCUT2D eigenvalue weighted by Gasteiger charge is -2.27. The van der Waals surface area contributed by atoms with Gasteiger partial charge < -0.3 is 38.3 Å². The summed E-state index contributed by atoms with van der Waals surface area (Å²) in [4.78, 5) is 24.5. The van der Waals surface area contributed by atoms with Crippen molar-refractivity contribution in [1.29, 1.82) is 0 Å². The monoisotopic (exact) mass is 826 g/mol. The molecule has 0 aliphatic carbocycles. The zero-order valence-corrected chi connectivity index (χ0v) is 36.6. The summed E-state index contributed by atoms with van der Waals surface area (Å²) in [6, 6.07) is 18.0. The van der Waals surface area contributed by atoms with Gasteiger partial charge in [0.25, 0.3) is 5.79 Å². The maximum absolute atomic E-state index is 13.6. The molecule has 0 bridgehead atoms. The summed E-state index contributed by atoms with van der Waals surface area (Å²) >= 11 is 1.10. The van der Waals surface area contributed by atoms with Crippen molar-refractivity contribution < 1.29 is 47.9 Å². The normalized spacial score (nSPS) is 15.1. The molecule has 5 aromatic rings. The highest BCUT2D eigenvalue weighted by Gasteiger charge is 2.48. The van der Waals surface area contributed by atoms with E-state index in [0.717, 1.165) is 40.2 Å². The van der Waals surface area contributed by atoms with E-state index in [1.807, 2.05) is 99.6 Å². The topological polar surface area (TPSA) is 145 Å². The fourth-order valence-corrected chi connectivity index (χ4v) is 6.97. The smallest absolute Gasteiger partial charge is 0.342 e. The van der Waals surface area contributed by atoms with Crippen LogP contribution in [0.1, 0.15) is 93.6 Å². The standard InChI is InChI=1S/C32H34N2O6S.C14H20O4/c1-17(2)38-28-15-21(14-27(37-7)30(28)39-18(3)4)13-24-29(22-9-11-25-26(16-22)34-41-33-25)31(35)40-32(24,36)23-10-8-19(5)20(6)12-23;1-9(2)17-13-7-11(8-15)6-12(16-5)14(13)18-10(3)4/h8-12,14-18,36H,13H2,1-7H3;6-10H,1-5H3. The van der Waals surface area contributed by atoms with Crippen molar-refractivity contribution in [3.05, 3.63) is 99.6 Å². The molecule has 0 saturated carbocycles. The molecule has 2 heterocycles. The summed E-state index contributed by atoms with van der Waals surface area (Å²) in [5, 5.41) is 12.2. The number of fused-ring (bicyclic) bond motifs is 1. The number of carbonyl (C=O) groups excluding carboxylic acids is 2. The summed E-state index contributed by atoms with van der Waals surface area (Å²) in [7, 11) is 3.11. The molecule has 13 heteroatoms. The first-order valence-corrected chi connectivity index (χ1v) is 20.2. The molecule has 0 radical (unpaired) electrons. The Morgan fingerprint density at radius 1 is 0.695 bits per heavy atom. The minimum Gasteiger partial charge on any atom is -0.493 e. The van der Waals surface area contributed by atoms with Gasteiger partial charge in [0, 0.05) is 23.1 Å². The van der Waals surface area contributed by atoms with Gasteiger partial charge in [-0.1, -0.05) is 18.2 Å². The number of aromatic nitrogens is 2. The van der Waals surface area contributed by atoms with Crippen LogP contribution in [0.25, 0.3) is 16.6 Å². The van der Waals surface area contributed by atoms with Gasteiger partial charge in [-0.15, -0.1) is 0 Å². The van der Waals surface area contributed by atoms with Crippen LogP contribution in [-0.2, 0) is 21.7 Å². The second-order valence-corrected chi connectivity index (χ2v) is 15.8. The van der Waals surface area contributed by atoms with E-state index >= 15 is 0 Å². The van der Waals surface area contributed by atoms with Crippen molar-refractivity contribution in [2.24, 2.45) is 0 Å². The maximum Gasteiger partial charge on any atom is 0.342 e. The van der Waals surface area contributed by atoms with Crippen molar-refractivity contribution >= 4 is 40.6 Å². The molecular weight excluding hydrogens is 773 g/mol. The van der Waals surface area contributed by atoms with Gasteiger partial charge in [-0.25, -0.2) is 4.79 Å². The summed E-state index contributed by atoms with van der Waals surface area (Å²) in [5.41, 5.74) is 6.44. The van der Waals surface area contributed by atoms with Gasteiger partial charge in [-0.3, -0.25) is 4.79 Å². The van der Waals surface area contributed by atoms with Crippen LogP contribution in [0, 0.1) is 13.8 Å². The molecule has 0 fully saturated rings. The highest BCUT2D eigenvalue weighted by atomic mass is 32.1. The van der Waals surface area contributed by atoms with E-state index in [0.29, 0.717) is 62.3 Å². The fourth-order valence-electron chi connectivity index (χ4n) is 6.45. The van der Waals surface area contributed by atoms with Crippen molar-refractivity contribution in [3.8, 4) is 34.5 Å². The lowest BCUT2D eigenvalue weighted by atomic mass is 9.87. The van der Waals surface area contributed by atoms with Gasteiger partial charge >= 0.3 is 5.97 Å². The van der Waals surface area contributed by atoms with Crippen molar-refractivity contribution in [3.63, 3.8) is 0 Å². The molecule has 0 amide bonds. The van der Waals surface area contributed by atoms with Gasteiger partial charge in [-0.2, -0.15) is 8.75 Å². The van der Waals surface area contributed by atoms with Crippen LogP contribution in [0.2, 0.25) is 0 Å². The highest BCUT2D eigenvalue weighted by Crippen LogP contribution is 2.47. The summed E-state index contributed by atoms with van der Waals surface area (Å²) in [6.45, 7) is 19.4. The van der Waals surface area contributed by atoms with Gasteiger partial charge in [0.15, 0.2) is 23.0 Å². The lowest BCUT2D eigenvalue weighted by molar-refractivity contribution is -0.185. The largest absolute Gasteiger partial charge is 0.493 e. The molecule has 4 aromatic carbocycles. The van der Waals surface area contributed by atoms with Crippen molar-refractivity contribution in [2.75, 3.05) is 14.2 Å². The number of aryl methyl sites for hydroxylation is 2. The molecule has 1 aliphatic heterocycles. The van der Waals surface area contributed by atoms with E-state index in [1.165, 1.54) is 7.11 Å². The van der Waals surface area contributed by atoms with Gasteiger partial charge in [0.05, 0.1) is 55.9 Å². The van der Waals surface area contributed by atoms with Crippen molar-refractivity contribution in [1.82, 2.24) is 8.75 Å². The minimum atomic E-state index is -1.99. The molecule has 1 aromatic heterocycles. The predicted octanol–water partition coefficient (Wildman–Crippen LogP) is 9.37. The number of aliphatic hydroxyl groups is 1. The van der Waals surface area contributed by atoms with E-state index in [-0.39, 0.29) is 36.4 Å². The maximum atomic E-state index is 13.6. The molecule has 6 rings (SSSR count). The average Bonchev–Trinajstić information content (AvgIpc) is 3.74. The van der Waals surface area contributed by atoms with Gasteiger partial charge in [-0.05, 0) is 134 Å². The Balaban J connectivity index is 0.000000309. The Kier molecular flexibility index (Phi) is 14.3. The van der Waals surface area contributed by atoms with Gasteiger partial charge in [0.1, 0.15) is 17.3 Å². The van der Waals surface area contributed by atoms with Crippen LogP contribution in [-0.4, -0.2) is 64.7 Å². The van der Waals surface area contributed by atoms with Crippen LogP contribution in [0.15, 0.2) is 66.2 Å². The number of hydrogen-bond donors (Lipinski definition) is 1. The van der Waals surface area contributed by atoms with Crippen molar-refractivity contribution in [2.45, 2.75) is 106 Å². The fraction of sp³-hybridized carbons (Fsp3) is 0.391. The van der Waals surface area contributed by atoms with E-state index in [1.54, 1.807) is 37.4 Å². The first-order valence-electron chi connectivity index (χ1n) is 19.5. The number of nitrogens with zero attached hydrogens (tertiary/aromatic N) is 2. The number of rotatable bonds is 15. The number of hydrogen-bond acceptors (Lipinski definition) is 13. The molecule has 12 nitrogen and oxygen atoms in total. The molecule has 1 unspecified atom stereocenters. The highest BCUT2D eigenvalue weighted by molar-refractivity contribution is 7.00. The van der Waals surface area contributed by atoms with E-state index < -0.39 is 11.8 Å². The van der Waals surface area contributed by atoms with Crippen LogP contribution in [0.3, 0.4) is 0 Å². The number of aldehydes is 1. The molecule has 1 N–H and O–H groups in total. The molecule has 0 spiro atoms.